The maximum absolute atomic E-state index is 12.2. The van der Waals surface area contributed by atoms with E-state index in [1.165, 1.54) is 29.3 Å². The summed E-state index contributed by atoms with van der Waals surface area (Å²) in [5.41, 5.74) is -0.258. The lowest BCUT2D eigenvalue weighted by atomic mass is 9.82. The molecule has 1 amide bonds. The quantitative estimate of drug-likeness (QED) is 0.487. The molecule has 3 rings (SSSR count). The first-order valence-electron chi connectivity index (χ1n) is 6.68. The molecule has 1 atom stereocenters. The molecule has 6 nitrogen and oxygen atoms in total. The van der Waals surface area contributed by atoms with Gasteiger partial charge in [0.15, 0.2) is 5.82 Å². The summed E-state index contributed by atoms with van der Waals surface area (Å²) in [7, 11) is 0. The minimum atomic E-state index is -0.258. The number of nitrogens with two attached hydrogens (primary N) is 1. The van der Waals surface area contributed by atoms with Crippen molar-refractivity contribution in [1.82, 2.24) is 19.8 Å². The van der Waals surface area contributed by atoms with Gasteiger partial charge in [0.2, 0.25) is 11.1 Å². The summed E-state index contributed by atoms with van der Waals surface area (Å²) < 4.78 is 1.52. The van der Waals surface area contributed by atoms with E-state index in [0.29, 0.717) is 17.0 Å². The van der Waals surface area contributed by atoms with Crippen molar-refractivity contribution in [2.45, 2.75) is 44.3 Å². The molecule has 19 heavy (non-hydrogen) atoms. The number of aryl methyl sites for hydroxylation is 1. The Labute approximate surface area is 116 Å². The molecule has 2 fully saturated rings. The van der Waals surface area contributed by atoms with Gasteiger partial charge in [-0.2, -0.15) is 0 Å². The van der Waals surface area contributed by atoms with Crippen LogP contribution in [0.5, 0.6) is 0 Å². The van der Waals surface area contributed by atoms with Crippen LogP contribution in [0, 0.1) is 5.41 Å². The fourth-order valence-electron chi connectivity index (χ4n) is 2.43. The fourth-order valence-corrected chi connectivity index (χ4v) is 3.44. The number of hydrogen-bond acceptors (Lipinski definition) is 5. The molecule has 2 N–H and O–H groups in total. The number of carbonyl (C=O) groups is 1. The molecular weight excluding hydrogens is 262 g/mol. The molecule has 0 bridgehead atoms. The van der Waals surface area contributed by atoms with Gasteiger partial charge in [0.1, 0.15) is 0 Å². The monoisotopic (exact) mass is 281 g/mol. The Hall–Kier alpha value is -1.24. The van der Waals surface area contributed by atoms with Crippen molar-refractivity contribution in [3.05, 3.63) is 5.82 Å². The summed E-state index contributed by atoms with van der Waals surface area (Å²) in [4.78, 5) is 14.2. The highest BCUT2D eigenvalue weighted by molar-refractivity contribution is 7.99. The van der Waals surface area contributed by atoms with Crippen molar-refractivity contribution in [3.8, 4) is 0 Å². The zero-order valence-corrected chi connectivity index (χ0v) is 12.1. The van der Waals surface area contributed by atoms with E-state index >= 15 is 0 Å². The maximum Gasteiger partial charge on any atom is 0.231 e. The first-order valence-corrected chi connectivity index (χ1v) is 7.67. The third kappa shape index (κ3) is 2.09. The zero-order valence-electron chi connectivity index (χ0n) is 11.3. The second kappa shape index (κ2) is 4.40. The Morgan fingerprint density at radius 3 is 2.74 bits per heavy atom. The molecule has 0 spiro atoms. The molecule has 1 unspecified atom stereocenters. The van der Waals surface area contributed by atoms with Gasteiger partial charge in [-0.15, -0.1) is 10.2 Å². The summed E-state index contributed by atoms with van der Waals surface area (Å²) in [6, 6.07) is 0.524. The molecule has 2 aliphatic rings. The smallest absolute Gasteiger partial charge is 0.231 e. The van der Waals surface area contributed by atoms with Gasteiger partial charge in [0, 0.05) is 24.8 Å². The Morgan fingerprint density at radius 2 is 2.21 bits per heavy atom. The first-order chi connectivity index (χ1) is 9.05. The van der Waals surface area contributed by atoms with Crippen LogP contribution in [0.4, 0.5) is 0 Å². The SMILES string of the molecule is CCc1nnc(SCC2(C)CN(C3CC3)C2=O)n1N. The van der Waals surface area contributed by atoms with Crippen LogP contribution in [0.2, 0.25) is 0 Å². The van der Waals surface area contributed by atoms with Crippen LogP contribution in [0.15, 0.2) is 5.16 Å². The number of likely N-dealkylation sites (tertiary alicyclic amines) is 1. The molecule has 1 saturated carbocycles. The van der Waals surface area contributed by atoms with Gasteiger partial charge in [-0.3, -0.25) is 4.79 Å². The number of nitrogen functional groups attached to an aromatic ring is 1. The van der Waals surface area contributed by atoms with Crippen molar-refractivity contribution in [2.24, 2.45) is 5.41 Å². The second-order valence-corrected chi connectivity index (χ2v) is 6.58. The van der Waals surface area contributed by atoms with Gasteiger partial charge in [0.05, 0.1) is 5.41 Å². The largest absolute Gasteiger partial charge is 0.338 e. The second-order valence-electron chi connectivity index (χ2n) is 5.64. The molecule has 1 aliphatic heterocycles. The van der Waals surface area contributed by atoms with Gasteiger partial charge in [0.25, 0.3) is 0 Å². The van der Waals surface area contributed by atoms with Crippen molar-refractivity contribution >= 4 is 17.7 Å². The lowest BCUT2D eigenvalue weighted by Crippen LogP contribution is -2.61. The molecule has 0 radical (unpaired) electrons. The average Bonchev–Trinajstić information content (AvgIpc) is 3.17. The lowest BCUT2D eigenvalue weighted by Gasteiger charge is -2.46. The minimum Gasteiger partial charge on any atom is -0.338 e. The number of aromatic nitrogens is 3. The molecule has 1 saturated heterocycles. The Morgan fingerprint density at radius 1 is 1.47 bits per heavy atom. The van der Waals surface area contributed by atoms with Crippen LogP contribution >= 0.6 is 11.8 Å². The first kappa shape index (κ1) is 12.8. The van der Waals surface area contributed by atoms with Crippen LogP contribution in [0.1, 0.15) is 32.5 Å². The number of thioether (sulfide) groups is 1. The van der Waals surface area contributed by atoms with Crippen LogP contribution in [-0.4, -0.2) is 44.0 Å². The maximum atomic E-state index is 12.2. The zero-order chi connectivity index (χ0) is 13.6. The topological polar surface area (TPSA) is 77.0 Å². The third-order valence-electron chi connectivity index (χ3n) is 3.86. The number of carbonyl (C=O) groups excluding carboxylic acids is 1. The van der Waals surface area contributed by atoms with E-state index in [1.807, 2.05) is 18.7 Å². The van der Waals surface area contributed by atoms with Crippen molar-refractivity contribution in [3.63, 3.8) is 0 Å². The highest BCUT2D eigenvalue weighted by Gasteiger charge is 2.52. The van der Waals surface area contributed by atoms with E-state index in [2.05, 4.69) is 10.2 Å². The lowest BCUT2D eigenvalue weighted by molar-refractivity contribution is -0.156. The molecule has 104 valence electrons. The number of β-lactam (4-membered cyclic amide) rings is 1. The summed E-state index contributed by atoms with van der Waals surface area (Å²) in [5, 5.41) is 8.78. The highest BCUT2D eigenvalue weighted by atomic mass is 32.2. The minimum absolute atomic E-state index is 0.258. The van der Waals surface area contributed by atoms with Crippen LogP contribution < -0.4 is 5.84 Å². The molecule has 2 heterocycles. The van der Waals surface area contributed by atoms with E-state index in [0.717, 1.165) is 18.8 Å². The van der Waals surface area contributed by atoms with E-state index in [-0.39, 0.29) is 11.3 Å². The molecule has 1 aromatic heterocycles. The Balaban J connectivity index is 1.60. The van der Waals surface area contributed by atoms with Gasteiger partial charge < -0.3 is 10.7 Å². The molecule has 1 aromatic rings. The van der Waals surface area contributed by atoms with E-state index < -0.39 is 0 Å². The summed E-state index contributed by atoms with van der Waals surface area (Å²) in [5.74, 6) is 7.66. The van der Waals surface area contributed by atoms with Crippen LogP contribution in [0.25, 0.3) is 0 Å². The average molecular weight is 281 g/mol. The molecular formula is C12H19N5OS. The predicted molar refractivity (Wildman–Crippen MR) is 73.1 cm³/mol. The van der Waals surface area contributed by atoms with Crippen molar-refractivity contribution in [2.75, 3.05) is 18.1 Å². The van der Waals surface area contributed by atoms with Gasteiger partial charge in [-0.25, -0.2) is 4.68 Å². The van der Waals surface area contributed by atoms with Crippen molar-refractivity contribution in [1.29, 1.82) is 0 Å². The van der Waals surface area contributed by atoms with E-state index in [1.54, 1.807) is 0 Å². The predicted octanol–water partition coefficient (Wildman–Crippen LogP) is 0.657. The Kier molecular flexibility index (Phi) is 2.96. The van der Waals surface area contributed by atoms with Gasteiger partial charge in [-0.1, -0.05) is 18.7 Å². The summed E-state index contributed by atoms with van der Waals surface area (Å²) in [6.45, 7) is 4.88. The molecule has 7 heteroatoms. The number of hydrogen-bond donors (Lipinski definition) is 1. The van der Waals surface area contributed by atoms with Gasteiger partial charge in [-0.05, 0) is 19.8 Å². The summed E-state index contributed by atoms with van der Waals surface area (Å²) >= 11 is 1.52. The number of amides is 1. The Bertz CT molecular complexity index is 512. The van der Waals surface area contributed by atoms with Gasteiger partial charge >= 0.3 is 0 Å². The number of rotatable bonds is 5. The van der Waals surface area contributed by atoms with E-state index in [9.17, 15) is 4.79 Å². The molecule has 1 aliphatic carbocycles. The third-order valence-corrected chi connectivity index (χ3v) is 5.17. The van der Waals surface area contributed by atoms with Crippen molar-refractivity contribution < 1.29 is 4.79 Å². The van der Waals surface area contributed by atoms with Crippen LogP contribution in [-0.2, 0) is 11.2 Å². The number of nitrogens with zero attached hydrogens (tertiary/aromatic N) is 4. The van der Waals surface area contributed by atoms with E-state index in [4.69, 9.17) is 5.84 Å². The standard InChI is InChI=1S/C12H19N5OS/c1-3-9-14-15-11(17(9)13)19-7-12(2)6-16(10(12)18)8-4-5-8/h8H,3-7,13H2,1-2H3. The van der Waals surface area contributed by atoms with Crippen LogP contribution in [0.3, 0.4) is 0 Å². The highest BCUT2D eigenvalue weighted by Crippen LogP contribution is 2.42. The molecule has 0 aromatic carbocycles. The fraction of sp³-hybridized carbons (Fsp3) is 0.750. The summed E-state index contributed by atoms with van der Waals surface area (Å²) in [6.07, 6.45) is 3.10. The normalized spacial score (nSPS) is 26.6.